The molecule has 6 nitrogen and oxygen atoms in total. The Kier molecular flexibility index (Phi) is 10.8. The molecule has 1 aromatic carbocycles. The van der Waals surface area contributed by atoms with Crippen LogP contribution in [-0.4, -0.2) is 40.0 Å². The van der Waals surface area contributed by atoms with E-state index in [0.717, 1.165) is 5.56 Å². The first-order valence-corrected chi connectivity index (χ1v) is 15.7. The van der Waals surface area contributed by atoms with Crippen LogP contribution in [0.15, 0.2) is 41.3 Å². The fourth-order valence-electron chi connectivity index (χ4n) is 4.46. The van der Waals surface area contributed by atoms with Crippen LogP contribution in [-0.2, 0) is 19.2 Å². The predicted octanol–water partition coefficient (Wildman–Crippen LogP) is 5.71. The second-order valence-electron chi connectivity index (χ2n) is 11.2. The molecule has 0 radical (unpaired) electrons. The van der Waals surface area contributed by atoms with Gasteiger partial charge in [-0.25, -0.2) is 13.1 Å². The van der Waals surface area contributed by atoms with Crippen LogP contribution in [0.25, 0.3) is 0 Å². The molecule has 0 saturated heterocycles. The van der Waals surface area contributed by atoms with Crippen molar-refractivity contribution in [2.75, 3.05) is 0 Å². The molecule has 0 saturated carbocycles. The summed E-state index contributed by atoms with van der Waals surface area (Å²) < 4.78 is 34.7. The van der Waals surface area contributed by atoms with Gasteiger partial charge in [-0.15, -0.1) is 0 Å². The number of sulfonamides is 1. The third-order valence-corrected chi connectivity index (χ3v) is 14.0. The number of nitrogens with one attached hydrogen (secondary N) is 1. The highest BCUT2D eigenvalue weighted by Gasteiger charge is 2.47. The third-order valence-electron chi connectivity index (χ3n) is 6.53. The van der Waals surface area contributed by atoms with Gasteiger partial charge in [0.1, 0.15) is 6.10 Å². The van der Waals surface area contributed by atoms with E-state index in [9.17, 15) is 18.3 Å². The molecule has 0 aliphatic carbocycles. The summed E-state index contributed by atoms with van der Waals surface area (Å²) >= 11 is 0. The lowest BCUT2D eigenvalue weighted by molar-refractivity contribution is -0.124. The van der Waals surface area contributed by atoms with Crippen molar-refractivity contribution >= 4 is 24.2 Å². The normalized spacial score (nSPS) is 15.4. The Labute approximate surface area is 208 Å². The summed E-state index contributed by atoms with van der Waals surface area (Å²) in [6.07, 6.45) is 1.97. The van der Waals surface area contributed by atoms with E-state index in [4.69, 9.17) is 4.43 Å². The Morgan fingerprint density at radius 2 is 1.50 bits per heavy atom. The second-order valence-corrected chi connectivity index (χ2v) is 18.3. The maximum Gasteiger partial charge on any atom is 0.265 e. The van der Waals surface area contributed by atoms with Gasteiger partial charge < -0.3 is 9.53 Å². The summed E-state index contributed by atoms with van der Waals surface area (Å²) in [5, 5.41) is 10.4. The monoisotopic (exact) mass is 511 g/mol. The molecule has 8 heteroatoms. The lowest BCUT2D eigenvalue weighted by atomic mass is 9.87. The fourth-order valence-corrected chi connectivity index (χ4v) is 10.9. The van der Waals surface area contributed by atoms with Crippen molar-refractivity contribution in [3.05, 3.63) is 42.0 Å². The smallest absolute Gasteiger partial charge is 0.265 e. The van der Waals surface area contributed by atoms with Crippen LogP contribution in [0, 0.1) is 12.3 Å². The summed E-state index contributed by atoms with van der Waals surface area (Å²) in [4.78, 5) is 13.3. The van der Waals surface area contributed by atoms with Crippen molar-refractivity contribution in [2.45, 2.75) is 109 Å². The van der Waals surface area contributed by atoms with E-state index in [0.29, 0.717) is 6.42 Å². The van der Waals surface area contributed by atoms with Crippen molar-refractivity contribution in [3.8, 4) is 0 Å². The highest BCUT2D eigenvalue weighted by atomic mass is 32.2. The Bertz CT molecular complexity index is 909. The van der Waals surface area contributed by atoms with Crippen LogP contribution in [0.5, 0.6) is 0 Å². The largest absolute Gasteiger partial charge is 0.401 e. The van der Waals surface area contributed by atoms with Crippen LogP contribution in [0.2, 0.25) is 16.6 Å². The molecule has 1 rings (SSSR count). The molecule has 0 aliphatic heterocycles. The molecule has 34 heavy (non-hydrogen) atoms. The third kappa shape index (κ3) is 7.76. The summed E-state index contributed by atoms with van der Waals surface area (Å²) in [6.45, 7) is 20.3. The number of aliphatic hydroxyl groups is 1. The van der Waals surface area contributed by atoms with Gasteiger partial charge in [0, 0.05) is 0 Å². The molecule has 1 amide bonds. The summed E-state index contributed by atoms with van der Waals surface area (Å²) in [7, 11) is -6.55. The van der Waals surface area contributed by atoms with Gasteiger partial charge in [-0.1, -0.05) is 92.2 Å². The van der Waals surface area contributed by atoms with E-state index in [1.54, 1.807) is 24.3 Å². The Hall–Kier alpha value is -1.48. The average Bonchev–Trinajstić information content (AvgIpc) is 2.68. The van der Waals surface area contributed by atoms with Gasteiger partial charge in [0.2, 0.25) is 8.32 Å². The number of carbonyl (C=O) groups excluding carboxylic acids is 1. The standard InChI is InChI=1S/C26H45NO5SSi/c1-18(2)34(19(3)4,20(5)6)32-23(12-11-13-24(28)26(8,9)10)25(29)27-33(30,31)22-16-14-21(7)15-17-22/h11-12,14-20,23-24,28H,13H2,1-10H3,(H,27,29)/b12-11-/t23-,24+/m1/s1. The van der Waals surface area contributed by atoms with E-state index < -0.39 is 36.5 Å². The van der Waals surface area contributed by atoms with Gasteiger partial charge in [0.15, 0.2) is 0 Å². The minimum Gasteiger partial charge on any atom is -0.401 e. The van der Waals surface area contributed by atoms with Gasteiger partial charge in [-0.2, -0.15) is 0 Å². The lowest BCUT2D eigenvalue weighted by Gasteiger charge is -2.43. The van der Waals surface area contributed by atoms with E-state index in [-0.39, 0.29) is 26.9 Å². The molecule has 0 aliphatic rings. The second kappa shape index (κ2) is 12.0. The van der Waals surface area contributed by atoms with Crippen LogP contribution < -0.4 is 4.72 Å². The molecule has 0 bridgehead atoms. The topological polar surface area (TPSA) is 92.7 Å². The highest BCUT2D eigenvalue weighted by Crippen LogP contribution is 2.43. The zero-order valence-corrected chi connectivity index (χ0v) is 24.4. The van der Waals surface area contributed by atoms with Gasteiger partial charge in [-0.3, -0.25) is 4.79 Å². The van der Waals surface area contributed by atoms with E-state index in [1.165, 1.54) is 12.1 Å². The van der Waals surface area contributed by atoms with Gasteiger partial charge in [-0.05, 0) is 47.5 Å². The van der Waals surface area contributed by atoms with Crippen molar-refractivity contribution < 1.29 is 22.7 Å². The van der Waals surface area contributed by atoms with Gasteiger partial charge >= 0.3 is 0 Å². The van der Waals surface area contributed by atoms with E-state index >= 15 is 0 Å². The summed E-state index contributed by atoms with van der Waals surface area (Å²) in [5.41, 5.74) is 1.25. The highest BCUT2D eigenvalue weighted by molar-refractivity contribution is 7.90. The van der Waals surface area contributed by atoms with Crippen LogP contribution in [0.4, 0.5) is 0 Å². The lowest BCUT2D eigenvalue weighted by Crippen LogP contribution is -2.53. The number of hydrogen-bond donors (Lipinski definition) is 2. The first-order valence-electron chi connectivity index (χ1n) is 12.1. The van der Waals surface area contributed by atoms with Gasteiger partial charge in [0.25, 0.3) is 15.9 Å². The quantitative estimate of drug-likeness (QED) is 0.293. The molecule has 0 heterocycles. The summed E-state index contributed by atoms with van der Waals surface area (Å²) in [6, 6.07) is 6.33. The zero-order chi connectivity index (χ0) is 26.5. The van der Waals surface area contributed by atoms with Crippen molar-refractivity contribution in [2.24, 2.45) is 5.41 Å². The number of aliphatic hydroxyl groups excluding tert-OH is 1. The van der Waals surface area contributed by atoms with Crippen LogP contribution in [0.3, 0.4) is 0 Å². The molecule has 194 valence electrons. The van der Waals surface area contributed by atoms with Crippen molar-refractivity contribution in [1.82, 2.24) is 4.72 Å². The molecular weight excluding hydrogens is 466 g/mol. The summed E-state index contributed by atoms with van der Waals surface area (Å²) in [5.74, 6) is -0.721. The van der Waals surface area contributed by atoms with Crippen LogP contribution in [0.1, 0.15) is 74.3 Å². The predicted molar refractivity (Wildman–Crippen MR) is 142 cm³/mol. The molecule has 0 spiro atoms. The number of carbonyl (C=O) groups is 1. The Morgan fingerprint density at radius 3 is 1.91 bits per heavy atom. The Morgan fingerprint density at radius 1 is 1.03 bits per heavy atom. The first kappa shape index (κ1) is 30.5. The molecule has 0 fully saturated rings. The molecular formula is C26H45NO5SSi. The number of benzene rings is 1. The minimum absolute atomic E-state index is 0.0254. The SMILES string of the molecule is Cc1ccc(S(=O)(=O)NC(=O)[C@@H](/C=C\C[C@H](O)C(C)(C)C)O[Si](C(C)C)(C(C)C)C(C)C)cc1. The number of aryl methyl sites for hydroxylation is 1. The molecule has 0 unspecified atom stereocenters. The molecule has 2 N–H and O–H groups in total. The average molecular weight is 512 g/mol. The Balaban J connectivity index is 3.34. The maximum absolute atomic E-state index is 13.3. The molecule has 1 aromatic rings. The maximum atomic E-state index is 13.3. The fraction of sp³-hybridized carbons (Fsp3) is 0.654. The van der Waals surface area contributed by atoms with Crippen molar-refractivity contribution in [1.29, 1.82) is 0 Å². The van der Waals surface area contributed by atoms with Crippen LogP contribution >= 0.6 is 0 Å². The number of rotatable bonds is 11. The number of amides is 1. The first-order chi connectivity index (χ1) is 15.4. The number of hydrogen-bond acceptors (Lipinski definition) is 5. The molecule has 0 aromatic heterocycles. The molecule has 2 atom stereocenters. The van der Waals surface area contributed by atoms with E-state index in [2.05, 4.69) is 46.3 Å². The zero-order valence-electron chi connectivity index (χ0n) is 22.5. The van der Waals surface area contributed by atoms with Gasteiger partial charge in [0.05, 0.1) is 11.0 Å². The van der Waals surface area contributed by atoms with E-state index in [1.807, 2.05) is 27.7 Å². The minimum atomic E-state index is -4.05. The van der Waals surface area contributed by atoms with Crippen molar-refractivity contribution in [3.63, 3.8) is 0 Å².